The number of nitrogens with two attached hydrogens (primary N) is 1. The molecule has 0 aliphatic carbocycles. The number of H-pyrrole nitrogens is 1. The molecule has 1 amide bonds. The molecule has 9 heteroatoms. The number of anilines is 1. The third-order valence-corrected chi connectivity index (χ3v) is 3.45. The van der Waals surface area contributed by atoms with Crippen LogP contribution in [0, 0.1) is 15.9 Å². The van der Waals surface area contributed by atoms with Crippen LogP contribution in [0.2, 0.25) is 0 Å². The van der Waals surface area contributed by atoms with Gasteiger partial charge in [-0.2, -0.15) is 0 Å². The van der Waals surface area contributed by atoms with Crippen LogP contribution in [0.25, 0.3) is 22.0 Å². The van der Waals surface area contributed by atoms with E-state index >= 15 is 0 Å². The second-order valence-corrected chi connectivity index (χ2v) is 5.06. The fourth-order valence-corrected chi connectivity index (χ4v) is 2.38. The molecule has 0 aliphatic heterocycles. The average molecular weight is 329 g/mol. The van der Waals surface area contributed by atoms with Crippen molar-refractivity contribution in [2.75, 3.05) is 11.9 Å². The average Bonchev–Trinajstić information content (AvgIpc) is 2.95. The summed E-state index contributed by atoms with van der Waals surface area (Å²) in [6.07, 6.45) is 3.06. The molecule has 0 bridgehead atoms. The van der Waals surface area contributed by atoms with E-state index in [1.807, 2.05) is 0 Å². The number of fused-ring (bicyclic) bond motifs is 1. The number of aromatic nitrogens is 2. The minimum atomic E-state index is -0.658. The van der Waals surface area contributed by atoms with E-state index in [4.69, 9.17) is 5.73 Å². The Labute approximate surface area is 134 Å². The van der Waals surface area contributed by atoms with Crippen LogP contribution in [-0.2, 0) is 4.79 Å². The Kier molecular flexibility index (Phi) is 3.82. The minimum Gasteiger partial charge on any atom is -0.368 e. The zero-order valence-corrected chi connectivity index (χ0v) is 12.2. The molecular weight excluding hydrogens is 317 g/mol. The predicted molar refractivity (Wildman–Crippen MR) is 85.8 cm³/mol. The Morgan fingerprint density at radius 2 is 2.21 bits per heavy atom. The third kappa shape index (κ3) is 2.86. The van der Waals surface area contributed by atoms with Crippen LogP contribution in [0.5, 0.6) is 0 Å². The molecule has 0 aliphatic rings. The molecule has 1 aromatic carbocycles. The fraction of sp³-hybridized carbons (Fsp3) is 0.0667. The van der Waals surface area contributed by atoms with Gasteiger partial charge in [0.25, 0.3) is 0 Å². The Morgan fingerprint density at radius 1 is 1.42 bits per heavy atom. The first-order chi connectivity index (χ1) is 11.5. The van der Waals surface area contributed by atoms with Crippen LogP contribution in [-0.4, -0.2) is 27.3 Å². The van der Waals surface area contributed by atoms with Gasteiger partial charge in [-0.05, 0) is 18.2 Å². The van der Waals surface area contributed by atoms with Crippen molar-refractivity contribution in [3.63, 3.8) is 0 Å². The maximum atomic E-state index is 13.3. The van der Waals surface area contributed by atoms with Crippen LogP contribution in [0.4, 0.5) is 15.9 Å². The second-order valence-electron chi connectivity index (χ2n) is 5.06. The molecule has 24 heavy (non-hydrogen) atoms. The van der Waals surface area contributed by atoms with E-state index in [-0.39, 0.29) is 23.9 Å². The van der Waals surface area contributed by atoms with Gasteiger partial charge in [0.05, 0.1) is 11.5 Å². The Balaban J connectivity index is 2.06. The molecule has 2 aromatic heterocycles. The quantitative estimate of drug-likeness (QED) is 0.488. The van der Waals surface area contributed by atoms with Gasteiger partial charge in [0, 0.05) is 40.5 Å². The topological polar surface area (TPSA) is 127 Å². The maximum absolute atomic E-state index is 13.3. The highest BCUT2D eigenvalue weighted by Crippen LogP contribution is 2.33. The van der Waals surface area contributed by atoms with E-state index in [1.165, 1.54) is 24.4 Å². The van der Waals surface area contributed by atoms with Crippen LogP contribution in [0.1, 0.15) is 0 Å². The van der Waals surface area contributed by atoms with Gasteiger partial charge in [0.1, 0.15) is 5.82 Å². The molecule has 0 saturated heterocycles. The molecule has 3 aromatic rings. The monoisotopic (exact) mass is 329 g/mol. The highest BCUT2D eigenvalue weighted by molar-refractivity contribution is 5.96. The van der Waals surface area contributed by atoms with Gasteiger partial charge in [0.15, 0.2) is 0 Å². The molecule has 0 atom stereocenters. The highest BCUT2D eigenvalue weighted by Gasteiger charge is 2.18. The number of hydrogen-bond donors (Lipinski definition) is 3. The molecule has 0 saturated carbocycles. The van der Waals surface area contributed by atoms with E-state index in [2.05, 4.69) is 15.3 Å². The van der Waals surface area contributed by atoms with Gasteiger partial charge in [-0.25, -0.2) is 9.37 Å². The Morgan fingerprint density at radius 3 is 2.92 bits per heavy atom. The number of halogens is 1. The molecular formula is C15H12FN5O3. The zero-order valence-electron chi connectivity index (χ0n) is 12.2. The first kappa shape index (κ1) is 15.4. The number of benzene rings is 1. The fourth-order valence-electron chi connectivity index (χ4n) is 2.38. The summed E-state index contributed by atoms with van der Waals surface area (Å²) in [5, 5.41) is 14.5. The number of carbonyl (C=O) groups excluding carboxylic acids is 1. The summed E-state index contributed by atoms with van der Waals surface area (Å²) in [7, 11) is 0. The Bertz CT molecular complexity index is 953. The van der Waals surface area contributed by atoms with Gasteiger partial charge in [-0.3, -0.25) is 14.9 Å². The lowest BCUT2D eigenvalue weighted by Gasteiger charge is -2.06. The number of aromatic amines is 1. The molecule has 122 valence electrons. The number of carbonyl (C=O) groups is 1. The van der Waals surface area contributed by atoms with Crippen LogP contribution in [0.3, 0.4) is 0 Å². The number of rotatable bonds is 5. The Hall–Kier alpha value is -3.49. The van der Waals surface area contributed by atoms with Crippen LogP contribution >= 0.6 is 0 Å². The van der Waals surface area contributed by atoms with Crippen LogP contribution < -0.4 is 11.1 Å². The number of pyridine rings is 1. The van der Waals surface area contributed by atoms with Crippen molar-refractivity contribution in [3.8, 4) is 11.1 Å². The smallest absolute Gasteiger partial charge is 0.311 e. The van der Waals surface area contributed by atoms with Crippen LogP contribution in [0.15, 0.2) is 36.7 Å². The first-order valence-corrected chi connectivity index (χ1v) is 6.89. The molecule has 0 unspecified atom stereocenters. The number of nitrogens with one attached hydrogen (secondary N) is 2. The van der Waals surface area contributed by atoms with Crippen molar-refractivity contribution in [2.45, 2.75) is 0 Å². The van der Waals surface area contributed by atoms with E-state index in [0.717, 1.165) is 0 Å². The van der Waals surface area contributed by atoms with Gasteiger partial charge in [0.2, 0.25) is 11.7 Å². The van der Waals surface area contributed by atoms with Gasteiger partial charge >= 0.3 is 5.69 Å². The minimum absolute atomic E-state index is 0.0477. The summed E-state index contributed by atoms with van der Waals surface area (Å²) in [5.74, 6) is -1.09. The summed E-state index contributed by atoms with van der Waals surface area (Å²) in [4.78, 5) is 28.4. The van der Waals surface area contributed by atoms with Gasteiger partial charge < -0.3 is 16.0 Å². The lowest BCUT2D eigenvalue weighted by atomic mass is 10.1. The molecule has 3 rings (SSSR count). The normalized spacial score (nSPS) is 10.7. The molecule has 8 nitrogen and oxygen atoms in total. The number of primary amides is 1. The molecule has 0 fully saturated rings. The standard InChI is InChI=1S/C15H12FN5O3/c16-9-1-2-10-11(6-18-12(10)4-9)8-3-13(21(23)24)15(19-5-8)20-7-14(17)22/h1-6,18H,7H2,(H2,17,22)(H,19,20). The van der Waals surface area contributed by atoms with E-state index in [1.54, 1.807) is 12.3 Å². The summed E-state index contributed by atoms with van der Waals surface area (Å²) in [6, 6.07) is 5.57. The van der Waals surface area contributed by atoms with Crippen molar-refractivity contribution in [3.05, 3.63) is 52.6 Å². The molecule has 0 radical (unpaired) electrons. The van der Waals surface area contributed by atoms with Crippen molar-refractivity contribution in [1.29, 1.82) is 0 Å². The van der Waals surface area contributed by atoms with Crippen molar-refractivity contribution in [1.82, 2.24) is 9.97 Å². The zero-order chi connectivity index (χ0) is 17.3. The molecule has 2 heterocycles. The molecule has 4 N–H and O–H groups in total. The van der Waals surface area contributed by atoms with Gasteiger partial charge in [-0.1, -0.05) is 0 Å². The maximum Gasteiger partial charge on any atom is 0.311 e. The molecule has 0 spiro atoms. The highest BCUT2D eigenvalue weighted by atomic mass is 19.1. The number of hydrogen-bond acceptors (Lipinski definition) is 5. The summed E-state index contributed by atoms with van der Waals surface area (Å²) in [6.45, 7) is -0.264. The number of nitro groups is 1. The summed E-state index contributed by atoms with van der Waals surface area (Å²) >= 11 is 0. The first-order valence-electron chi connectivity index (χ1n) is 6.89. The lowest BCUT2D eigenvalue weighted by Crippen LogP contribution is -2.22. The largest absolute Gasteiger partial charge is 0.368 e. The summed E-state index contributed by atoms with van der Waals surface area (Å²) < 4.78 is 13.3. The van der Waals surface area contributed by atoms with E-state index in [0.29, 0.717) is 22.0 Å². The van der Waals surface area contributed by atoms with E-state index in [9.17, 15) is 19.3 Å². The van der Waals surface area contributed by atoms with Crippen molar-refractivity contribution in [2.24, 2.45) is 5.73 Å². The predicted octanol–water partition coefficient (Wildman–Crippen LogP) is 2.17. The van der Waals surface area contributed by atoms with E-state index < -0.39 is 10.8 Å². The number of nitrogens with zero attached hydrogens (tertiary/aromatic N) is 2. The van der Waals surface area contributed by atoms with Gasteiger partial charge in [-0.15, -0.1) is 0 Å². The SMILES string of the molecule is NC(=O)CNc1ncc(-c2c[nH]c3cc(F)ccc23)cc1[N+](=O)[O-]. The summed E-state index contributed by atoms with van der Waals surface area (Å²) in [5.41, 5.74) is 6.44. The lowest BCUT2D eigenvalue weighted by molar-refractivity contribution is -0.384. The number of amides is 1. The third-order valence-electron chi connectivity index (χ3n) is 3.45. The second kappa shape index (κ2) is 5.95. The van der Waals surface area contributed by atoms with Crippen molar-refractivity contribution < 1.29 is 14.1 Å². The van der Waals surface area contributed by atoms with Crippen molar-refractivity contribution >= 4 is 28.3 Å².